The highest BCUT2D eigenvalue weighted by molar-refractivity contribution is 6.30. The average molecular weight is 345 g/mol. The third-order valence-corrected chi connectivity index (χ3v) is 4.05. The topological polar surface area (TPSA) is 69.7 Å². The Bertz CT molecular complexity index is 845. The number of cyclic esters (lactones) is 1. The Balaban J connectivity index is 1.88. The molecule has 1 atom stereocenters. The zero-order chi connectivity index (χ0) is 17.3. The van der Waals surface area contributed by atoms with Gasteiger partial charge in [0.25, 0.3) is 0 Å². The lowest BCUT2D eigenvalue weighted by Crippen LogP contribution is -2.48. The van der Waals surface area contributed by atoms with Crippen molar-refractivity contribution in [3.05, 3.63) is 64.2 Å². The molecule has 6 heteroatoms. The first-order chi connectivity index (χ1) is 11.4. The van der Waals surface area contributed by atoms with Crippen molar-refractivity contribution in [1.29, 1.82) is 0 Å². The summed E-state index contributed by atoms with van der Waals surface area (Å²) in [6.07, 6.45) is 0.733. The van der Waals surface area contributed by atoms with Crippen LogP contribution in [0.2, 0.25) is 5.02 Å². The van der Waals surface area contributed by atoms with Crippen LogP contribution in [0.3, 0.4) is 0 Å². The molecule has 1 aliphatic rings. The second-order valence-corrected chi connectivity index (χ2v) is 6.08. The number of esters is 2. The van der Waals surface area contributed by atoms with Crippen molar-refractivity contribution in [2.45, 2.75) is 18.9 Å². The third-order valence-electron chi connectivity index (χ3n) is 3.82. The molecule has 122 valence electrons. The van der Waals surface area contributed by atoms with Crippen molar-refractivity contribution in [2.75, 3.05) is 0 Å². The van der Waals surface area contributed by atoms with Gasteiger partial charge in [0.15, 0.2) is 6.29 Å². The largest absolute Gasteiger partial charge is 0.443 e. The zero-order valence-corrected chi connectivity index (χ0v) is 13.5. The molecule has 0 aliphatic carbocycles. The summed E-state index contributed by atoms with van der Waals surface area (Å²) in [7, 11) is 0. The van der Waals surface area contributed by atoms with Gasteiger partial charge in [0.2, 0.25) is 5.60 Å². The van der Waals surface area contributed by atoms with E-state index in [0.29, 0.717) is 22.4 Å². The van der Waals surface area contributed by atoms with Gasteiger partial charge in [0.1, 0.15) is 5.75 Å². The standard InChI is InChI=1S/C18H13ClO5/c1-18(9-11-4-2-3-5-14(11)16(21)24-18)17(22)23-15-7-6-13(19)8-12(15)10-20/h2-8,10H,9H2,1H3/t18-/m1/s1. The minimum atomic E-state index is -1.47. The number of aldehydes is 1. The first-order valence-corrected chi connectivity index (χ1v) is 7.59. The fourth-order valence-corrected chi connectivity index (χ4v) is 2.74. The van der Waals surface area contributed by atoms with Crippen LogP contribution < -0.4 is 4.74 Å². The van der Waals surface area contributed by atoms with E-state index in [0.717, 1.165) is 0 Å². The van der Waals surface area contributed by atoms with E-state index in [4.69, 9.17) is 21.1 Å². The van der Waals surface area contributed by atoms with Gasteiger partial charge in [-0.1, -0.05) is 29.8 Å². The molecule has 0 spiro atoms. The molecule has 0 saturated heterocycles. The number of hydrogen-bond acceptors (Lipinski definition) is 5. The van der Waals surface area contributed by atoms with Crippen molar-refractivity contribution < 1.29 is 23.9 Å². The Morgan fingerprint density at radius 2 is 2.04 bits per heavy atom. The molecule has 0 amide bonds. The molecule has 1 heterocycles. The smallest absolute Gasteiger partial charge is 0.356 e. The molecular formula is C18H13ClO5. The first-order valence-electron chi connectivity index (χ1n) is 7.21. The van der Waals surface area contributed by atoms with Gasteiger partial charge in [-0.2, -0.15) is 0 Å². The second-order valence-electron chi connectivity index (χ2n) is 5.64. The van der Waals surface area contributed by atoms with Crippen molar-refractivity contribution in [3.8, 4) is 5.75 Å². The molecule has 0 radical (unpaired) electrons. The molecule has 0 unspecified atom stereocenters. The Labute approximate surface area is 143 Å². The maximum atomic E-state index is 12.5. The molecule has 2 aromatic rings. The summed E-state index contributed by atoms with van der Waals surface area (Å²) >= 11 is 5.81. The normalized spacial score (nSPS) is 19.2. The fourth-order valence-electron chi connectivity index (χ4n) is 2.56. The molecule has 24 heavy (non-hydrogen) atoms. The molecule has 0 bridgehead atoms. The van der Waals surface area contributed by atoms with E-state index in [1.807, 2.05) is 0 Å². The summed E-state index contributed by atoms with van der Waals surface area (Å²) in [6.45, 7) is 1.49. The van der Waals surface area contributed by atoms with Gasteiger partial charge in [-0.05, 0) is 36.8 Å². The van der Waals surface area contributed by atoms with Gasteiger partial charge in [-0.15, -0.1) is 0 Å². The zero-order valence-electron chi connectivity index (χ0n) is 12.7. The van der Waals surface area contributed by atoms with Gasteiger partial charge in [0.05, 0.1) is 11.1 Å². The molecule has 0 aromatic heterocycles. The number of rotatable bonds is 3. The molecule has 0 fully saturated rings. The van der Waals surface area contributed by atoms with Crippen molar-refractivity contribution >= 4 is 29.8 Å². The van der Waals surface area contributed by atoms with Gasteiger partial charge >= 0.3 is 11.9 Å². The maximum Gasteiger partial charge on any atom is 0.356 e. The maximum absolute atomic E-state index is 12.5. The van der Waals surface area contributed by atoms with Crippen molar-refractivity contribution in [1.82, 2.24) is 0 Å². The average Bonchev–Trinajstić information content (AvgIpc) is 2.56. The molecule has 3 rings (SSSR count). The number of carbonyl (C=O) groups excluding carboxylic acids is 3. The van der Waals surface area contributed by atoms with Crippen LogP contribution >= 0.6 is 11.6 Å². The molecule has 0 saturated carbocycles. The third kappa shape index (κ3) is 2.90. The summed E-state index contributed by atoms with van der Waals surface area (Å²) in [4.78, 5) is 35.8. The van der Waals surface area contributed by atoms with Crippen LogP contribution in [0, 0.1) is 0 Å². The molecule has 5 nitrogen and oxygen atoms in total. The number of hydrogen-bond donors (Lipinski definition) is 0. The van der Waals surface area contributed by atoms with E-state index in [-0.39, 0.29) is 17.7 Å². The lowest BCUT2D eigenvalue weighted by atomic mass is 9.90. The molecule has 2 aromatic carbocycles. The Morgan fingerprint density at radius 3 is 2.79 bits per heavy atom. The minimum absolute atomic E-state index is 0.0653. The predicted octanol–water partition coefficient (Wildman–Crippen LogP) is 3.23. The van der Waals surface area contributed by atoms with Crippen LogP contribution in [-0.2, 0) is 16.0 Å². The van der Waals surface area contributed by atoms with Gasteiger partial charge in [-0.3, -0.25) is 4.79 Å². The lowest BCUT2D eigenvalue weighted by Gasteiger charge is -2.32. The molecular weight excluding hydrogens is 332 g/mol. The Morgan fingerprint density at radius 1 is 1.29 bits per heavy atom. The monoisotopic (exact) mass is 344 g/mol. The summed E-state index contributed by atoms with van der Waals surface area (Å²) in [6, 6.07) is 11.2. The highest BCUT2D eigenvalue weighted by atomic mass is 35.5. The number of fused-ring (bicyclic) bond motifs is 1. The number of halogens is 1. The number of benzene rings is 2. The number of carbonyl (C=O) groups is 3. The Hall–Kier alpha value is -2.66. The van der Waals surface area contributed by atoms with Crippen LogP contribution in [0.25, 0.3) is 0 Å². The van der Waals surface area contributed by atoms with Crippen LogP contribution in [0.15, 0.2) is 42.5 Å². The van der Waals surface area contributed by atoms with E-state index in [1.165, 1.54) is 25.1 Å². The summed E-state index contributed by atoms with van der Waals surface area (Å²) < 4.78 is 10.6. The Kier molecular flexibility index (Phi) is 4.11. The first kappa shape index (κ1) is 16.2. The van der Waals surface area contributed by atoms with Crippen LogP contribution in [0.1, 0.15) is 33.2 Å². The minimum Gasteiger partial charge on any atom is -0.443 e. The van der Waals surface area contributed by atoms with Crippen molar-refractivity contribution in [3.63, 3.8) is 0 Å². The predicted molar refractivity (Wildman–Crippen MR) is 86.4 cm³/mol. The highest BCUT2D eigenvalue weighted by Gasteiger charge is 2.44. The van der Waals surface area contributed by atoms with E-state index >= 15 is 0 Å². The van der Waals surface area contributed by atoms with Crippen LogP contribution in [0.4, 0.5) is 0 Å². The van der Waals surface area contributed by atoms with E-state index < -0.39 is 17.5 Å². The van der Waals surface area contributed by atoms with E-state index in [2.05, 4.69) is 0 Å². The van der Waals surface area contributed by atoms with Crippen LogP contribution in [-0.4, -0.2) is 23.8 Å². The van der Waals surface area contributed by atoms with Gasteiger partial charge in [0, 0.05) is 11.4 Å². The van der Waals surface area contributed by atoms with Crippen molar-refractivity contribution in [2.24, 2.45) is 0 Å². The molecule has 0 N–H and O–H groups in total. The summed E-state index contributed by atoms with van der Waals surface area (Å²) in [5, 5.41) is 0.348. The summed E-state index contributed by atoms with van der Waals surface area (Å²) in [5.74, 6) is -1.27. The van der Waals surface area contributed by atoms with Gasteiger partial charge in [-0.25, -0.2) is 9.59 Å². The SMILES string of the molecule is C[C@]1(C(=O)Oc2ccc(Cl)cc2C=O)Cc2ccccc2C(=O)O1. The quantitative estimate of drug-likeness (QED) is 0.485. The van der Waals surface area contributed by atoms with Gasteiger partial charge < -0.3 is 9.47 Å². The second kappa shape index (κ2) is 6.09. The molecule has 1 aliphatic heterocycles. The van der Waals surface area contributed by atoms with E-state index in [1.54, 1.807) is 24.3 Å². The van der Waals surface area contributed by atoms with E-state index in [9.17, 15) is 14.4 Å². The fraction of sp³-hybridized carbons (Fsp3) is 0.167. The highest BCUT2D eigenvalue weighted by Crippen LogP contribution is 2.30. The lowest BCUT2D eigenvalue weighted by molar-refractivity contribution is -0.155. The number of ether oxygens (including phenoxy) is 2. The van der Waals surface area contributed by atoms with Crippen LogP contribution in [0.5, 0.6) is 5.75 Å². The summed E-state index contributed by atoms with van der Waals surface area (Å²) in [5.41, 5.74) is -0.185.